The van der Waals surface area contributed by atoms with Gasteiger partial charge in [-0.25, -0.2) is 4.98 Å². The average Bonchev–Trinajstić information content (AvgIpc) is 3.25. The van der Waals surface area contributed by atoms with E-state index in [0.717, 1.165) is 65.1 Å². The van der Waals surface area contributed by atoms with Crippen molar-refractivity contribution in [2.45, 2.75) is 31.8 Å². The molecule has 1 atom stereocenters. The fourth-order valence-corrected chi connectivity index (χ4v) is 4.09. The number of hydrogen-bond acceptors (Lipinski definition) is 6. The van der Waals surface area contributed by atoms with Crippen LogP contribution < -0.4 is 4.74 Å². The Hall–Kier alpha value is -1.70. The molecule has 2 aliphatic heterocycles. The molecule has 0 radical (unpaired) electrons. The van der Waals surface area contributed by atoms with Crippen LogP contribution in [-0.4, -0.2) is 87.0 Å². The first-order valence-corrected chi connectivity index (χ1v) is 10.3. The first kappa shape index (κ1) is 21.0. The highest BCUT2D eigenvalue weighted by Gasteiger charge is 2.29. The molecular weight excluding hydrogens is 358 g/mol. The summed E-state index contributed by atoms with van der Waals surface area (Å²) in [5, 5.41) is 0. The number of likely N-dealkylation sites (tertiary alicyclic amines) is 1. The lowest BCUT2D eigenvalue weighted by Crippen LogP contribution is -2.44. The van der Waals surface area contributed by atoms with Crippen LogP contribution >= 0.6 is 0 Å². The molecule has 0 bridgehead atoms. The minimum atomic E-state index is -0.0118. The smallest absolute Gasteiger partial charge is 0.259 e. The summed E-state index contributed by atoms with van der Waals surface area (Å²) in [6, 6.07) is 3.58. The van der Waals surface area contributed by atoms with Crippen molar-refractivity contribution in [1.29, 1.82) is 0 Å². The van der Waals surface area contributed by atoms with Crippen LogP contribution in [0, 0.1) is 5.92 Å². The number of nitrogens with zero attached hydrogens (tertiary/aromatic N) is 3. The van der Waals surface area contributed by atoms with E-state index in [1.165, 1.54) is 0 Å². The number of ether oxygens (including phenoxy) is 3. The van der Waals surface area contributed by atoms with Crippen LogP contribution in [0.25, 0.3) is 0 Å². The summed E-state index contributed by atoms with van der Waals surface area (Å²) in [6.07, 6.45) is 6.07. The number of pyridine rings is 1. The molecule has 28 heavy (non-hydrogen) atoms. The van der Waals surface area contributed by atoms with Crippen molar-refractivity contribution in [3.63, 3.8) is 0 Å². The van der Waals surface area contributed by atoms with Gasteiger partial charge in [0.1, 0.15) is 5.56 Å². The second-order valence-electron chi connectivity index (χ2n) is 7.68. The van der Waals surface area contributed by atoms with Gasteiger partial charge in [0, 0.05) is 39.5 Å². The minimum Gasteiger partial charge on any atom is -0.480 e. The van der Waals surface area contributed by atoms with Crippen molar-refractivity contribution in [3.05, 3.63) is 23.9 Å². The second kappa shape index (κ2) is 10.7. The largest absolute Gasteiger partial charge is 0.480 e. The molecule has 156 valence electrons. The van der Waals surface area contributed by atoms with Crippen molar-refractivity contribution in [1.82, 2.24) is 14.8 Å². The maximum atomic E-state index is 13.3. The van der Waals surface area contributed by atoms with E-state index in [9.17, 15) is 4.79 Å². The molecule has 0 spiro atoms. The van der Waals surface area contributed by atoms with Crippen LogP contribution in [0.5, 0.6) is 5.88 Å². The van der Waals surface area contributed by atoms with E-state index in [2.05, 4.69) is 9.88 Å². The molecular formula is C21H33N3O4. The molecule has 1 aromatic rings. The van der Waals surface area contributed by atoms with Crippen molar-refractivity contribution < 1.29 is 19.0 Å². The van der Waals surface area contributed by atoms with Crippen LogP contribution in [0.2, 0.25) is 0 Å². The Labute approximate surface area is 168 Å². The quantitative estimate of drug-likeness (QED) is 0.642. The molecule has 1 unspecified atom stereocenters. The van der Waals surface area contributed by atoms with Crippen molar-refractivity contribution in [2.75, 3.05) is 60.2 Å². The summed E-state index contributed by atoms with van der Waals surface area (Å²) in [4.78, 5) is 21.9. The lowest BCUT2D eigenvalue weighted by molar-refractivity contribution is 0.0434. The summed E-state index contributed by atoms with van der Waals surface area (Å²) in [6.45, 7) is 6.07. The van der Waals surface area contributed by atoms with E-state index in [1.807, 2.05) is 4.90 Å². The second-order valence-corrected chi connectivity index (χ2v) is 7.68. The van der Waals surface area contributed by atoms with Gasteiger partial charge in [-0.15, -0.1) is 0 Å². The van der Waals surface area contributed by atoms with Gasteiger partial charge in [-0.3, -0.25) is 4.79 Å². The number of amides is 1. The minimum absolute atomic E-state index is 0.0118. The number of rotatable bonds is 9. The van der Waals surface area contributed by atoms with E-state index < -0.39 is 0 Å². The van der Waals surface area contributed by atoms with Gasteiger partial charge < -0.3 is 24.0 Å². The van der Waals surface area contributed by atoms with Gasteiger partial charge >= 0.3 is 0 Å². The lowest BCUT2D eigenvalue weighted by Gasteiger charge is -2.35. The van der Waals surface area contributed by atoms with Gasteiger partial charge in [0.2, 0.25) is 5.88 Å². The van der Waals surface area contributed by atoms with Gasteiger partial charge in [0.25, 0.3) is 5.91 Å². The van der Waals surface area contributed by atoms with Crippen LogP contribution in [0.3, 0.4) is 0 Å². The Bertz CT molecular complexity index is 613. The summed E-state index contributed by atoms with van der Waals surface area (Å²) >= 11 is 0. The van der Waals surface area contributed by atoms with Crippen molar-refractivity contribution in [3.8, 4) is 5.88 Å². The number of hydrogen-bond donors (Lipinski definition) is 0. The predicted octanol–water partition coefficient (Wildman–Crippen LogP) is 2.07. The molecule has 0 N–H and O–H groups in total. The Kier molecular flexibility index (Phi) is 8.06. The van der Waals surface area contributed by atoms with Gasteiger partial charge in [-0.1, -0.05) is 0 Å². The van der Waals surface area contributed by atoms with Crippen LogP contribution in [-0.2, 0) is 9.47 Å². The lowest BCUT2D eigenvalue weighted by atomic mass is 9.95. The summed E-state index contributed by atoms with van der Waals surface area (Å²) < 4.78 is 16.3. The average molecular weight is 392 g/mol. The third-order valence-electron chi connectivity index (χ3n) is 5.73. The van der Waals surface area contributed by atoms with Gasteiger partial charge in [0.05, 0.1) is 19.8 Å². The molecule has 7 heteroatoms. The van der Waals surface area contributed by atoms with E-state index in [-0.39, 0.29) is 12.0 Å². The summed E-state index contributed by atoms with van der Waals surface area (Å²) in [5.41, 5.74) is 0.528. The molecule has 0 saturated carbocycles. The standard InChI is InChI=1S/C21H33N3O4/c1-26-14-12-23-10-7-17(8-11-23)15-24(16-18-5-4-13-28-18)21(25)19-6-3-9-22-20(19)27-2/h3,6,9,17-18H,4-5,7-8,10-16H2,1-2H3. The molecule has 0 aliphatic carbocycles. The highest BCUT2D eigenvalue weighted by molar-refractivity contribution is 5.96. The molecule has 1 aromatic heterocycles. The summed E-state index contributed by atoms with van der Waals surface area (Å²) in [7, 11) is 3.30. The number of aromatic nitrogens is 1. The Morgan fingerprint density at radius 2 is 2.11 bits per heavy atom. The number of methoxy groups -OCH3 is 2. The topological polar surface area (TPSA) is 64.1 Å². The molecule has 2 fully saturated rings. The normalized spacial score (nSPS) is 21.0. The van der Waals surface area contributed by atoms with Crippen LogP contribution in [0.4, 0.5) is 0 Å². The van der Waals surface area contributed by atoms with Crippen molar-refractivity contribution in [2.24, 2.45) is 5.92 Å². The van der Waals surface area contributed by atoms with Gasteiger partial charge in [-0.05, 0) is 56.8 Å². The van der Waals surface area contributed by atoms with E-state index in [4.69, 9.17) is 14.2 Å². The first-order valence-electron chi connectivity index (χ1n) is 10.3. The van der Waals surface area contributed by atoms with E-state index in [0.29, 0.717) is 23.9 Å². The maximum absolute atomic E-state index is 13.3. The zero-order valence-corrected chi connectivity index (χ0v) is 17.1. The van der Waals surface area contributed by atoms with Gasteiger partial charge in [0.15, 0.2) is 0 Å². The molecule has 2 aliphatic rings. The predicted molar refractivity (Wildman–Crippen MR) is 107 cm³/mol. The SMILES string of the molecule is COCCN1CCC(CN(CC2CCCO2)C(=O)c2cccnc2OC)CC1. The number of carbonyl (C=O) groups excluding carboxylic acids is 1. The monoisotopic (exact) mass is 391 g/mol. The maximum Gasteiger partial charge on any atom is 0.259 e. The third-order valence-corrected chi connectivity index (χ3v) is 5.73. The van der Waals surface area contributed by atoms with E-state index >= 15 is 0 Å². The van der Waals surface area contributed by atoms with E-state index in [1.54, 1.807) is 32.5 Å². The highest BCUT2D eigenvalue weighted by atomic mass is 16.5. The molecule has 7 nitrogen and oxygen atoms in total. The van der Waals surface area contributed by atoms with Crippen LogP contribution in [0.1, 0.15) is 36.0 Å². The zero-order chi connectivity index (χ0) is 19.8. The molecule has 3 heterocycles. The number of carbonyl (C=O) groups is 1. The fourth-order valence-electron chi connectivity index (χ4n) is 4.09. The Morgan fingerprint density at radius 1 is 1.29 bits per heavy atom. The Morgan fingerprint density at radius 3 is 2.79 bits per heavy atom. The Balaban J connectivity index is 1.64. The number of piperidine rings is 1. The third kappa shape index (κ3) is 5.65. The van der Waals surface area contributed by atoms with Gasteiger partial charge in [-0.2, -0.15) is 0 Å². The first-order chi connectivity index (χ1) is 13.7. The van der Waals surface area contributed by atoms with Crippen LogP contribution in [0.15, 0.2) is 18.3 Å². The molecule has 3 rings (SSSR count). The van der Waals surface area contributed by atoms with Crippen molar-refractivity contribution >= 4 is 5.91 Å². The molecule has 2 saturated heterocycles. The molecule has 1 amide bonds. The highest BCUT2D eigenvalue weighted by Crippen LogP contribution is 2.23. The fraction of sp³-hybridized carbons (Fsp3) is 0.714. The summed E-state index contributed by atoms with van der Waals surface area (Å²) in [5.74, 6) is 0.883. The zero-order valence-electron chi connectivity index (χ0n) is 17.1. The molecule has 0 aromatic carbocycles.